The molecule has 18 heavy (non-hydrogen) atoms. The van der Waals surface area contributed by atoms with Crippen LogP contribution in [0.5, 0.6) is 0 Å². The fraction of sp³-hybridized carbons (Fsp3) is 0.333. The van der Waals surface area contributed by atoms with Crippen LogP contribution in [0, 0.1) is 5.92 Å². The van der Waals surface area contributed by atoms with E-state index in [0.717, 1.165) is 4.47 Å². The normalized spacial score (nSPS) is 13.7. The number of nitrogens with one attached hydrogen (secondary N) is 1. The van der Waals surface area contributed by atoms with Gasteiger partial charge in [0.2, 0.25) is 0 Å². The summed E-state index contributed by atoms with van der Waals surface area (Å²) in [4.78, 5) is 22.6. The number of aliphatic hydroxyl groups excluding tert-OH is 1. The molecule has 1 aromatic rings. The maximum Gasteiger partial charge on any atom is 0.310 e. The van der Waals surface area contributed by atoms with E-state index in [1.807, 2.05) is 0 Å². The van der Waals surface area contributed by atoms with Crippen LogP contribution in [0.4, 0.5) is 0 Å². The highest BCUT2D eigenvalue weighted by Gasteiger charge is 2.23. The summed E-state index contributed by atoms with van der Waals surface area (Å²) in [5.74, 6) is -2.52. The molecule has 0 saturated heterocycles. The maximum absolute atomic E-state index is 11.7. The summed E-state index contributed by atoms with van der Waals surface area (Å²) < 4.78 is 0.764. The zero-order valence-electron chi connectivity index (χ0n) is 9.76. The molecule has 5 nitrogen and oxygen atoms in total. The first kappa shape index (κ1) is 14.7. The van der Waals surface area contributed by atoms with Gasteiger partial charge in [-0.3, -0.25) is 9.59 Å². The van der Waals surface area contributed by atoms with Crippen molar-refractivity contribution in [1.29, 1.82) is 0 Å². The lowest BCUT2D eigenvalue weighted by Gasteiger charge is -2.15. The zero-order valence-corrected chi connectivity index (χ0v) is 11.3. The fourth-order valence-corrected chi connectivity index (χ4v) is 1.80. The van der Waals surface area contributed by atoms with E-state index in [0.29, 0.717) is 5.56 Å². The number of hydrogen-bond acceptors (Lipinski definition) is 3. The van der Waals surface area contributed by atoms with Gasteiger partial charge in [0.05, 0.1) is 12.0 Å². The van der Waals surface area contributed by atoms with Gasteiger partial charge in [-0.25, -0.2) is 0 Å². The van der Waals surface area contributed by atoms with Gasteiger partial charge < -0.3 is 15.5 Å². The second kappa shape index (κ2) is 6.51. The summed E-state index contributed by atoms with van der Waals surface area (Å²) in [7, 11) is 0. The first-order valence-corrected chi connectivity index (χ1v) is 6.15. The molecule has 98 valence electrons. The molecular weight excluding hydrogens is 302 g/mol. The molecule has 0 aromatic heterocycles. The van der Waals surface area contributed by atoms with Crippen LogP contribution in [0.3, 0.4) is 0 Å². The van der Waals surface area contributed by atoms with Gasteiger partial charge in [0.15, 0.2) is 0 Å². The molecule has 1 amide bonds. The van der Waals surface area contributed by atoms with Crippen molar-refractivity contribution in [2.24, 2.45) is 5.92 Å². The zero-order chi connectivity index (χ0) is 13.7. The summed E-state index contributed by atoms with van der Waals surface area (Å²) in [6.07, 6.45) is -1.02. The van der Waals surface area contributed by atoms with Gasteiger partial charge in [-0.1, -0.05) is 22.0 Å². The number of hydrogen-bond donors (Lipinski definition) is 3. The van der Waals surface area contributed by atoms with Crippen LogP contribution in [-0.4, -0.2) is 34.7 Å². The number of halogens is 1. The Kier molecular flexibility index (Phi) is 5.30. The number of aliphatic hydroxyl groups is 1. The predicted octanol–water partition coefficient (Wildman–Crippen LogP) is 1.26. The van der Waals surface area contributed by atoms with Crippen molar-refractivity contribution >= 4 is 27.8 Å². The van der Waals surface area contributed by atoms with E-state index in [-0.39, 0.29) is 12.5 Å². The molecule has 2 atom stereocenters. The molecule has 0 spiro atoms. The number of carbonyl (C=O) groups excluding carboxylic acids is 1. The molecule has 0 fully saturated rings. The largest absolute Gasteiger partial charge is 0.481 e. The van der Waals surface area contributed by atoms with Crippen molar-refractivity contribution < 1.29 is 19.8 Å². The molecule has 0 heterocycles. The number of carboxylic acid groups (broad SMARTS) is 1. The smallest absolute Gasteiger partial charge is 0.310 e. The van der Waals surface area contributed by atoms with Crippen molar-refractivity contribution in [1.82, 2.24) is 5.32 Å². The van der Waals surface area contributed by atoms with Crippen LogP contribution in [0.15, 0.2) is 28.7 Å². The van der Waals surface area contributed by atoms with Crippen molar-refractivity contribution in [2.45, 2.75) is 13.0 Å². The lowest BCUT2D eigenvalue weighted by atomic mass is 10.0. The Hall–Kier alpha value is -1.40. The van der Waals surface area contributed by atoms with Crippen LogP contribution in [0.25, 0.3) is 0 Å². The summed E-state index contributed by atoms with van der Waals surface area (Å²) >= 11 is 3.24. The molecule has 6 heteroatoms. The number of carboxylic acids is 1. The third-order valence-corrected chi connectivity index (χ3v) is 2.96. The van der Waals surface area contributed by atoms with Crippen LogP contribution in [-0.2, 0) is 4.79 Å². The molecule has 0 saturated carbocycles. The number of rotatable bonds is 5. The van der Waals surface area contributed by atoms with E-state index in [1.54, 1.807) is 24.3 Å². The third-order valence-electron chi connectivity index (χ3n) is 2.47. The highest BCUT2D eigenvalue weighted by Crippen LogP contribution is 2.11. The second-order valence-corrected chi connectivity index (χ2v) is 4.82. The minimum Gasteiger partial charge on any atom is -0.481 e. The highest BCUT2D eigenvalue weighted by molar-refractivity contribution is 9.10. The minimum atomic E-state index is -1.14. The lowest BCUT2D eigenvalue weighted by molar-refractivity contribution is -0.144. The molecule has 0 radical (unpaired) electrons. The van der Waals surface area contributed by atoms with E-state index in [9.17, 15) is 14.7 Å². The average Bonchev–Trinajstić information content (AvgIpc) is 2.28. The van der Waals surface area contributed by atoms with Gasteiger partial charge >= 0.3 is 5.97 Å². The first-order chi connectivity index (χ1) is 8.41. The monoisotopic (exact) mass is 315 g/mol. The molecule has 0 aliphatic carbocycles. The summed E-state index contributed by atoms with van der Waals surface area (Å²) in [5.41, 5.74) is 0.430. The highest BCUT2D eigenvalue weighted by atomic mass is 79.9. The summed E-state index contributed by atoms with van der Waals surface area (Å²) in [6, 6.07) is 6.75. The van der Waals surface area contributed by atoms with E-state index in [4.69, 9.17) is 5.11 Å². The van der Waals surface area contributed by atoms with Crippen LogP contribution in [0.1, 0.15) is 17.3 Å². The Morgan fingerprint density at radius 2 is 2.11 bits per heavy atom. The molecule has 0 unspecified atom stereocenters. The number of aliphatic carboxylic acids is 1. The first-order valence-electron chi connectivity index (χ1n) is 5.36. The Morgan fingerprint density at radius 1 is 1.44 bits per heavy atom. The van der Waals surface area contributed by atoms with Crippen molar-refractivity contribution in [3.8, 4) is 0 Å². The number of amides is 1. The molecule has 1 rings (SSSR count). The van der Waals surface area contributed by atoms with Crippen molar-refractivity contribution in [3.05, 3.63) is 34.3 Å². The molecular formula is C12H14BrNO4. The predicted molar refractivity (Wildman–Crippen MR) is 69.3 cm³/mol. The lowest BCUT2D eigenvalue weighted by Crippen LogP contribution is -2.38. The maximum atomic E-state index is 11.7. The van der Waals surface area contributed by atoms with Crippen LogP contribution in [0.2, 0.25) is 0 Å². The van der Waals surface area contributed by atoms with Gasteiger partial charge in [-0.15, -0.1) is 0 Å². The Bertz CT molecular complexity index is 447. The van der Waals surface area contributed by atoms with E-state index in [2.05, 4.69) is 21.2 Å². The summed E-state index contributed by atoms with van der Waals surface area (Å²) in [5, 5.41) is 20.6. The van der Waals surface area contributed by atoms with Gasteiger partial charge in [-0.05, 0) is 25.1 Å². The topological polar surface area (TPSA) is 86.6 Å². The number of carbonyl (C=O) groups is 2. The van der Waals surface area contributed by atoms with Crippen molar-refractivity contribution in [2.75, 3.05) is 6.54 Å². The van der Waals surface area contributed by atoms with Crippen LogP contribution >= 0.6 is 15.9 Å². The van der Waals surface area contributed by atoms with E-state index in [1.165, 1.54) is 6.92 Å². The SMILES string of the molecule is C[C@@H](O)[C@H](CNC(=O)c1cccc(Br)c1)C(=O)O. The standard InChI is InChI=1S/C12H14BrNO4/c1-7(15)10(12(17)18)6-14-11(16)8-3-2-4-9(13)5-8/h2-5,7,10,15H,6H2,1H3,(H,14,16)(H,17,18)/t7-,10+/m1/s1. The second-order valence-electron chi connectivity index (χ2n) is 3.91. The molecule has 3 N–H and O–H groups in total. The van der Waals surface area contributed by atoms with Gasteiger partial charge in [0, 0.05) is 16.6 Å². The van der Waals surface area contributed by atoms with Gasteiger partial charge in [0.25, 0.3) is 5.91 Å². The van der Waals surface area contributed by atoms with E-state index < -0.39 is 18.0 Å². The minimum absolute atomic E-state index is 0.113. The quantitative estimate of drug-likeness (QED) is 0.763. The molecule has 0 aliphatic rings. The Morgan fingerprint density at radius 3 is 2.61 bits per heavy atom. The van der Waals surface area contributed by atoms with Crippen LogP contribution < -0.4 is 5.32 Å². The van der Waals surface area contributed by atoms with Gasteiger partial charge in [0.1, 0.15) is 0 Å². The fourth-order valence-electron chi connectivity index (χ4n) is 1.40. The molecule has 0 aliphatic heterocycles. The van der Waals surface area contributed by atoms with Crippen molar-refractivity contribution in [3.63, 3.8) is 0 Å². The third kappa shape index (κ3) is 4.12. The Labute approximate surface area is 113 Å². The van der Waals surface area contributed by atoms with E-state index >= 15 is 0 Å². The molecule has 1 aromatic carbocycles. The number of benzene rings is 1. The molecule has 0 bridgehead atoms. The van der Waals surface area contributed by atoms with Gasteiger partial charge in [-0.2, -0.15) is 0 Å². The average molecular weight is 316 g/mol. The summed E-state index contributed by atoms with van der Waals surface area (Å²) in [6.45, 7) is 1.27. The Balaban J connectivity index is 2.63.